The van der Waals surface area contributed by atoms with Crippen molar-refractivity contribution in [2.45, 2.75) is 63.5 Å². The zero-order chi connectivity index (χ0) is 14.9. The fraction of sp³-hybridized carbons (Fsp3) is 0.750. The summed E-state index contributed by atoms with van der Waals surface area (Å²) >= 11 is 1.49. The number of carbonyl (C=O) groups is 1. The van der Waals surface area contributed by atoms with E-state index in [2.05, 4.69) is 4.98 Å². The van der Waals surface area contributed by atoms with Crippen molar-refractivity contribution >= 4 is 17.1 Å². The van der Waals surface area contributed by atoms with Gasteiger partial charge in [-0.1, -0.05) is 19.3 Å². The molecular formula is C16H24N2O2S. The number of aromatic nitrogens is 1. The van der Waals surface area contributed by atoms with Crippen LogP contribution in [0.2, 0.25) is 0 Å². The van der Waals surface area contributed by atoms with Gasteiger partial charge in [0.2, 0.25) is 0 Å². The highest BCUT2D eigenvalue weighted by Crippen LogP contribution is 2.41. The maximum absolute atomic E-state index is 12.7. The maximum Gasteiger partial charge on any atom is 0.185 e. The van der Waals surface area contributed by atoms with E-state index in [4.69, 9.17) is 10.5 Å². The third-order valence-corrected chi connectivity index (χ3v) is 5.84. The van der Waals surface area contributed by atoms with Gasteiger partial charge in [0.05, 0.1) is 11.6 Å². The molecule has 21 heavy (non-hydrogen) atoms. The first kappa shape index (κ1) is 15.1. The first-order valence-corrected chi connectivity index (χ1v) is 8.87. The number of ketones is 1. The number of hydrogen-bond donors (Lipinski definition) is 1. The minimum atomic E-state index is -0.101. The molecule has 2 aliphatic rings. The van der Waals surface area contributed by atoms with Crippen LogP contribution in [0.25, 0.3) is 0 Å². The Balaban J connectivity index is 1.71. The van der Waals surface area contributed by atoms with Gasteiger partial charge in [0, 0.05) is 17.9 Å². The lowest BCUT2D eigenvalue weighted by molar-refractivity contribution is -0.111. The third-order valence-electron chi connectivity index (χ3n) is 4.79. The molecule has 1 aromatic rings. The topological polar surface area (TPSA) is 65.2 Å². The minimum absolute atomic E-state index is 0.0309. The smallest absolute Gasteiger partial charge is 0.185 e. The molecule has 2 heterocycles. The zero-order valence-corrected chi connectivity index (χ0v) is 13.5. The number of ether oxygens (including phenoxy) is 1. The Kier molecular flexibility index (Phi) is 4.43. The standard InChI is InChI=1S/C16H24N2O2S/c1-11(17)15-18-13(10-21-15)14(19)12-5-8-20-16(9-12)6-3-2-4-7-16/h10-12H,2-9,17H2,1H3. The van der Waals surface area contributed by atoms with Gasteiger partial charge in [0.15, 0.2) is 5.78 Å². The summed E-state index contributed by atoms with van der Waals surface area (Å²) in [5, 5.41) is 2.71. The summed E-state index contributed by atoms with van der Waals surface area (Å²) in [7, 11) is 0. The van der Waals surface area contributed by atoms with Gasteiger partial charge in [0.1, 0.15) is 10.7 Å². The van der Waals surface area contributed by atoms with E-state index in [-0.39, 0.29) is 23.3 Å². The molecule has 1 aliphatic carbocycles. The lowest BCUT2D eigenvalue weighted by Gasteiger charge is -2.43. The number of carbonyl (C=O) groups excluding carboxylic acids is 1. The van der Waals surface area contributed by atoms with Gasteiger partial charge in [-0.25, -0.2) is 4.98 Å². The second kappa shape index (κ2) is 6.15. The normalized spacial score (nSPS) is 26.7. The van der Waals surface area contributed by atoms with Crippen LogP contribution in [0.5, 0.6) is 0 Å². The zero-order valence-electron chi connectivity index (χ0n) is 12.6. The number of hydrogen-bond acceptors (Lipinski definition) is 5. The summed E-state index contributed by atoms with van der Waals surface area (Å²) in [6.07, 6.45) is 7.67. The molecule has 1 saturated carbocycles. The van der Waals surface area contributed by atoms with Crippen molar-refractivity contribution in [2.24, 2.45) is 11.7 Å². The molecule has 116 valence electrons. The van der Waals surface area contributed by atoms with Crippen LogP contribution in [0, 0.1) is 5.92 Å². The lowest BCUT2D eigenvalue weighted by Crippen LogP contribution is -2.43. The predicted molar refractivity (Wildman–Crippen MR) is 83.5 cm³/mol. The quantitative estimate of drug-likeness (QED) is 0.868. The number of Topliss-reactive ketones (excluding diaryl/α,β-unsaturated/α-hetero) is 1. The van der Waals surface area contributed by atoms with Crippen LogP contribution in [-0.2, 0) is 4.74 Å². The summed E-state index contributed by atoms with van der Waals surface area (Å²) in [6.45, 7) is 2.61. The summed E-state index contributed by atoms with van der Waals surface area (Å²) in [5.74, 6) is 0.256. The van der Waals surface area contributed by atoms with Crippen molar-refractivity contribution in [2.75, 3.05) is 6.61 Å². The summed E-state index contributed by atoms with van der Waals surface area (Å²) in [6, 6.07) is -0.101. The van der Waals surface area contributed by atoms with Crippen LogP contribution in [0.3, 0.4) is 0 Å². The molecule has 4 nitrogen and oxygen atoms in total. The van der Waals surface area contributed by atoms with Gasteiger partial charge >= 0.3 is 0 Å². The van der Waals surface area contributed by atoms with E-state index in [1.807, 2.05) is 12.3 Å². The Morgan fingerprint density at radius 1 is 1.48 bits per heavy atom. The largest absolute Gasteiger partial charge is 0.375 e. The summed E-state index contributed by atoms with van der Waals surface area (Å²) in [4.78, 5) is 17.1. The van der Waals surface area contributed by atoms with Crippen molar-refractivity contribution in [3.8, 4) is 0 Å². The lowest BCUT2D eigenvalue weighted by atomic mass is 9.75. The average molecular weight is 308 g/mol. The number of thiazole rings is 1. The molecule has 0 radical (unpaired) electrons. The van der Waals surface area contributed by atoms with Crippen LogP contribution < -0.4 is 5.73 Å². The minimum Gasteiger partial charge on any atom is -0.375 e. The van der Waals surface area contributed by atoms with Gasteiger partial charge < -0.3 is 10.5 Å². The molecule has 1 aromatic heterocycles. The van der Waals surface area contributed by atoms with Gasteiger partial charge in [-0.2, -0.15) is 0 Å². The van der Waals surface area contributed by atoms with E-state index in [1.165, 1.54) is 30.6 Å². The Labute approximate surface area is 130 Å². The van der Waals surface area contributed by atoms with Crippen molar-refractivity contribution in [1.82, 2.24) is 4.98 Å². The van der Waals surface area contributed by atoms with Crippen LogP contribution >= 0.6 is 11.3 Å². The second-order valence-electron chi connectivity index (χ2n) is 6.51. The van der Waals surface area contributed by atoms with E-state index < -0.39 is 0 Å². The van der Waals surface area contributed by atoms with Crippen LogP contribution in [0.4, 0.5) is 0 Å². The highest BCUT2D eigenvalue weighted by molar-refractivity contribution is 7.09. The highest BCUT2D eigenvalue weighted by Gasteiger charge is 2.41. The van der Waals surface area contributed by atoms with Crippen LogP contribution in [-0.4, -0.2) is 23.0 Å². The fourth-order valence-electron chi connectivity index (χ4n) is 3.62. The first-order chi connectivity index (χ1) is 10.1. The molecule has 3 rings (SSSR count). The molecule has 0 aromatic carbocycles. The van der Waals surface area contributed by atoms with Crippen LogP contribution in [0.1, 0.15) is 73.4 Å². The molecular weight excluding hydrogens is 284 g/mol. The molecule has 1 saturated heterocycles. The van der Waals surface area contributed by atoms with Crippen molar-refractivity contribution < 1.29 is 9.53 Å². The van der Waals surface area contributed by atoms with Gasteiger partial charge in [-0.3, -0.25) is 4.79 Å². The van der Waals surface area contributed by atoms with Crippen molar-refractivity contribution in [3.63, 3.8) is 0 Å². The molecule has 2 unspecified atom stereocenters. The van der Waals surface area contributed by atoms with Gasteiger partial charge in [-0.05, 0) is 32.6 Å². The molecule has 1 aliphatic heterocycles. The number of nitrogens with zero attached hydrogens (tertiary/aromatic N) is 1. The van der Waals surface area contributed by atoms with E-state index in [0.717, 1.165) is 30.7 Å². The van der Waals surface area contributed by atoms with Gasteiger partial charge in [0.25, 0.3) is 0 Å². The summed E-state index contributed by atoms with van der Waals surface area (Å²) in [5.41, 5.74) is 6.41. The molecule has 0 bridgehead atoms. The Hall–Kier alpha value is -0.780. The Morgan fingerprint density at radius 2 is 2.24 bits per heavy atom. The molecule has 2 N–H and O–H groups in total. The van der Waals surface area contributed by atoms with Crippen molar-refractivity contribution in [3.05, 3.63) is 16.1 Å². The van der Waals surface area contributed by atoms with Crippen LogP contribution in [0.15, 0.2) is 5.38 Å². The van der Waals surface area contributed by atoms with E-state index in [1.54, 1.807) is 0 Å². The van der Waals surface area contributed by atoms with E-state index in [0.29, 0.717) is 12.3 Å². The molecule has 2 atom stereocenters. The maximum atomic E-state index is 12.7. The fourth-order valence-corrected chi connectivity index (χ4v) is 4.38. The highest BCUT2D eigenvalue weighted by atomic mass is 32.1. The monoisotopic (exact) mass is 308 g/mol. The number of nitrogens with two attached hydrogens (primary N) is 1. The van der Waals surface area contributed by atoms with Gasteiger partial charge in [-0.15, -0.1) is 11.3 Å². The van der Waals surface area contributed by atoms with E-state index >= 15 is 0 Å². The van der Waals surface area contributed by atoms with E-state index in [9.17, 15) is 4.79 Å². The molecule has 1 spiro atoms. The third kappa shape index (κ3) is 3.20. The Morgan fingerprint density at radius 3 is 2.90 bits per heavy atom. The summed E-state index contributed by atoms with van der Waals surface area (Å²) < 4.78 is 6.08. The SMILES string of the molecule is CC(N)c1nc(C(=O)C2CCOC3(CCCCC3)C2)cs1. The van der Waals surface area contributed by atoms with Crippen molar-refractivity contribution in [1.29, 1.82) is 0 Å². The first-order valence-electron chi connectivity index (χ1n) is 7.99. The molecule has 2 fully saturated rings. The predicted octanol–water partition coefficient (Wildman–Crippen LogP) is 3.48. The molecule has 5 heteroatoms. The number of rotatable bonds is 3. The Bertz CT molecular complexity index is 501. The average Bonchev–Trinajstić information content (AvgIpc) is 2.97. The molecule has 0 amide bonds. The second-order valence-corrected chi connectivity index (χ2v) is 7.40.